The van der Waals surface area contributed by atoms with Crippen molar-refractivity contribution in [1.29, 1.82) is 0 Å². The highest BCUT2D eigenvalue weighted by atomic mass is 16.2. The van der Waals surface area contributed by atoms with Crippen LogP contribution in [0.5, 0.6) is 0 Å². The van der Waals surface area contributed by atoms with Crippen LogP contribution in [0, 0.1) is 5.92 Å². The third kappa shape index (κ3) is 2.46. The summed E-state index contributed by atoms with van der Waals surface area (Å²) in [5.74, 6) is 0.120. The summed E-state index contributed by atoms with van der Waals surface area (Å²) in [6, 6.07) is -0.366. The van der Waals surface area contributed by atoms with E-state index in [-0.39, 0.29) is 17.9 Å². The van der Waals surface area contributed by atoms with Crippen LogP contribution in [0.25, 0.3) is 0 Å². The molecule has 1 unspecified atom stereocenters. The maximum Gasteiger partial charge on any atom is 0.236 e. The fourth-order valence-corrected chi connectivity index (χ4v) is 0.469. The molecule has 3 nitrogen and oxygen atoms in total. The standard InChI is InChI=1S/C6H14N2O/c1-4(2)5(7)6(9)8-3/h4-5H,7H2,1-3H3,(H,8,9). The molecule has 3 N–H and O–H groups in total. The third-order valence-corrected chi connectivity index (χ3v) is 1.27. The molecule has 0 saturated heterocycles. The molecule has 1 amide bonds. The van der Waals surface area contributed by atoms with Crippen LogP contribution < -0.4 is 11.1 Å². The predicted octanol–water partition coefficient (Wildman–Crippen LogP) is -0.284. The average molecular weight is 130 g/mol. The topological polar surface area (TPSA) is 55.1 Å². The average Bonchev–Trinajstić information content (AvgIpc) is 1.84. The van der Waals surface area contributed by atoms with Crippen molar-refractivity contribution >= 4 is 5.91 Å². The summed E-state index contributed by atoms with van der Waals surface area (Å²) >= 11 is 0. The summed E-state index contributed by atoms with van der Waals surface area (Å²) in [5, 5.41) is 2.48. The summed E-state index contributed by atoms with van der Waals surface area (Å²) < 4.78 is 0. The zero-order valence-electron chi connectivity index (χ0n) is 6.14. The monoisotopic (exact) mass is 130 g/mol. The van der Waals surface area contributed by atoms with Crippen LogP contribution in [-0.2, 0) is 4.79 Å². The highest BCUT2D eigenvalue weighted by molar-refractivity contribution is 5.81. The molecular formula is C6H14N2O. The van der Waals surface area contributed by atoms with Crippen LogP contribution in [0.15, 0.2) is 0 Å². The van der Waals surface area contributed by atoms with E-state index in [1.807, 2.05) is 13.8 Å². The fraction of sp³-hybridized carbons (Fsp3) is 0.833. The first kappa shape index (κ1) is 8.43. The molecule has 0 rings (SSSR count). The van der Waals surface area contributed by atoms with Crippen molar-refractivity contribution in [3.8, 4) is 0 Å². The molecule has 0 radical (unpaired) electrons. The van der Waals surface area contributed by atoms with Gasteiger partial charge in [-0.3, -0.25) is 4.79 Å². The Labute approximate surface area is 55.6 Å². The second kappa shape index (κ2) is 3.45. The van der Waals surface area contributed by atoms with E-state index in [1.54, 1.807) is 7.05 Å². The summed E-state index contributed by atoms with van der Waals surface area (Å²) in [7, 11) is 1.59. The molecule has 54 valence electrons. The number of carbonyl (C=O) groups excluding carboxylic acids is 1. The van der Waals surface area contributed by atoms with Gasteiger partial charge in [0, 0.05) is 7.05 Å². The van der Waals surface area contributed by atoms with Gasteiger partial charge in [0.05, 0.1) is 6.04 Å². The van der Waals surface area contributed by atoms with Crippen LogP contribution in [0.1, 0.15) is 13.8 Å². The number of likely N-dealkylation sites (N-methyl/N-ethyl adjacent to an activating group) is 1. The lowest BCUT2D eigenvalue weighted by molar-refractivity contribution is -0.122. The van der Waals surface area contributed by atoms with Crippen LogP contribution >= 0.6 is 0 Å². The molecule has 0 spiro atoms. The van der Waals surface area contributed by atoms with Crippen molar-refractivity contribution < 1.29 is 4.79 Å². The smallest absolute Gasteiger partial charge is 0.236 e. The summed E-state index contributed by atoms with van der Waals surface area (Å²) in [4.78, 5) is 10.7. The van der Waals surface area contributed by atoms with E-state index < -0.39 is 0 Å². The number of rotatable bonds is 2. The Morgan fingerprint density at radius 1 is 1.56 bits per heavy atom. The van der Waals surface area contributed by atoms with E-state index in [9.17, 15) is 4.79 Å². The van der Waals surface area contributed by atoms with Crippen molar-refractivity contribution in [3.63, 3.8) is 0 Å². The molecule has 0 aliphatic carbocycles. The minimum Gasteiger partial charge on any atom is -0.358 e. The van der Waals surface area contributed by atoms with Gasteiger partial charge in [0.15, 0.2) is 0 Å². The van der Waals surface area contributed by atoms with Gasteiger partial charge in [0.2, 0.25) is 5.91 Å². The summed E-state index contributed by atoms with van der Waals surface area (Å²) in [6.45, 7) is 3.83. The first-order valence-corrected chi connectivity index (χ1v) is 3.06. The zero-order chi connectivity index (χ0) is 7.44. The number of amides is 1. The fourth-order valence-electron chi connectivity index (χ4n) is 0.469. The Balaban J connectivity index is 3.72. The van der Waals surface area contributed by atoms with Crippen LogP contribution in [0.2, 0.25) is 0 Å². The van der Waals surface area contributed by atoms with Gasteiger partial charge in [-0.15, -0.1) is 0 Å². The lowest BCUT2D eigenvalue weighted by Gasteiger charge is -2.12. The Kier molecular flexibility index (Phi) is 3.24. The molecule has 0 fully saturated rings. The van der Waals surface area contributed by atoms with Crippen molar-refractivity contribution in [1.82, 2.24) is 5.32 Å². The Morgan fingerprint density at radius 3 is 2.11 bits per heavy atom. The second-order valence-corrected chi connectivity index (χ2v) is 2.38. The normalized spacial score (nSPS) is 13.4. The molecule has 3 heteroatoms. The molecule has 0 aromatic heterocycles. The Bertz CT molecular complexity index is 101. The first-order chi connectivity index (χ1) is 4.09. The van der Waals surface area contributed by atoms with Gasteiger partial charge in [0.1, 0.15) is 0 Å². The Morgan fingerprint density at radius 2 is 2.00 bits per heavy atom. The van der Waals surface area contributed by atoms with Crippen molar-refractivity contribution in [2.75, 3.05) is 7.05 Å². The minimum atomic E-state index is -0.366. The number of nitrogens with two attached hydrogens (primary N) is 1. The molecule has 0 heterocycles. The van der Waals surface area contributed by atoms with Crippen LogP contribution in [-0.4, -0.2) is 19.0 Å². The molecular weight excluding hydrogens is 116 g/mol. The number of carbonyl (C=O) groups is 1. The molecule has 0 aliphatic rings. The second-order valence-electron chi connectivity index (χ2n) is 2.38. The van der Waals surface area contributed by atoms with Crippen LogP contribution in [0.4, 0.5) is 0 Å². The molecule has 0 aromatic carbocycles. The van der Waals surface area contributed by atoms with E-state index in [0.29, 0.717) is 0 Å². The van der Waals surface area contributed by atoms with Gasteiger partial charge >= 0.3 is 0 Å². The van der Waals surface area contributed by atoms with E-state index in [2.05, 4.69) is 5.32 Å². The minimum absolute atomic E-state index is 0.0926. The van der Waals surface area contributed by atoms with Crippen molar-refractivity contribution in [2.24, 2.45) is 11.7 Å². The van der Waals surface area contributed by atoms with Crippen molar-refractivity contribution in [2.45, 2.75) is 19.9 Å². The largest absolute Gasteiger partial charge is 0.358 e. The summed E-state index contributed by atoms with van der Waals surface area (Å²) in [5.41, 5.74) is 5.46. The predicted molar refractivity (Wildman–Crippen MR) is 36.9 cm³/mol. The van der Waals surface area contributed by atoms with E-state index in [1.165, 1.54) is 0 Å². The maximum atomic E-state index is 10.7. The molecule has 0 aromatic rings. The summed E-state index contributed by atoms with van der Waals surface area (Å²) in [6.07, 6.45) is 0. The van der Waals surface area contributed by atoms with Gasteiger partial charge in [-0.25, -0.2) is 0 Å². The van der Waals surface area contributed by atoms with E-state index in [4.69, 9.17) is 5.73 Å². The Hall–Kier alpha value is -0.570. The van der Waals surface area contributed by atoms with E-state index in [0.717, 1.165) is 0 Å². The van der Waals surface area contributed by atoms with Gasteiger partial charge in [-0.2, -0.15) is 0 Å². The highest BCUT2D eigenvalue weighted by Gasteiger charge is 2.14. The third-order valence-electron chi connectivity index (χ3n) is 1.27. The molecule has 0 bridgehead atoms. The van der Waals surface area contributed by atoms with Crippen molar-refractivity contribution in [3.05, 3.63) is 0 Å². The van der Waals surface area contributed by atoms with Gasteiger partial charge in [-0.05, 0) is 5.92 Å². The maximum absolute atomic E-state index is 10.7. The van der Waals surface area contributed by atoms with Crippen LogP contribution in [0.3, 0.4) is 0 Å². The van der Waals surface area contributed by atoms with Gasteiger partial charge in [0.25, 0.3) is 0 Å². The van der Waals surface area contributed by atoms with E-state index >= 15 is 0 Å². The quantitative estimate of drug-likeness (QED) is 0.540. The molecule has 9 heavy (non-hydrogen) atoms. The molecule has 0 aliphatic heterocycles. The van der Waals surface area contributed by atoms with Gasteiger partial charge in [-0.1, -0.05) is 13.8 Å². The number of hydrogen-bond acceptors (Lipinski definition) is 2. The number of hydrogen-bond donors (Lipinski definition) is 2. The van der Waals surface area contributed by atoms with Gasteiger partial charge < -0.3 is 11.1 Å². The SMILES string of the molecule is CNC(=O)C(N)C(C)C. The highest BCUT2D eigenvalue weighted by Crippen LogP contribution is 1.96. The molecule has 0 saturated carbocycles. The lowest BCUT2D eigenvalue weighted by atomic mass is 10.1. The zero-order valence-corrected chi connectivity index (χ0v) is 6.14. The first-order valence-electron chi connectivity index (χ1n) is 3.06. The number of nitrogens with one attached hydrogen (secondary N) is 1. The molecule has 1 atom stereocenters. The lowest BCUT2D eigenvalue weighted by Crippen LogP contribution is -2.42.